The van der Waals surface area contributed by atoms with Gasteiger partial charge in [0.15, 0.2) is 11.5 Å². The molecule has 0 spiro atoms. The Hall–Kier alpha value is -1.73. The number of halogens is 2. The first-order valence-electron chi connectivity index (χ1n) is 6.81. The zero-order valence-electron chi connectivity index (χ0n) is 12.7. The SMILES string of the molecule is C/C=C(Cl)\C(C(=O)NCc1ccc2c(c1)OCO2)=C(\Cl)[NH2+]OC. The molecule has 1 heterocycles. The lowest BCUT2D eigenvalue weighted by Gasteiger charge is -2.09. The molecule has 0 atom stereocenters. The molecule has 0 saturated heterocycles. The summed E-state index contributed by atoms with van der Waals surface area (Å²) < 4.78 is 10.5. The van der Waals surface area contributed by atoms with Gasteiger partial charge >= 0.3 is 0 Å². The van der Waals surface area contributed by atoms with Gasteiger partial charge in [-0.3, -0.25) is 4.79 Å². The lowest BCUT2D eigenvalue weighted by Crippen LogP contribution is -2.79. The Morgan fingerprint density at radius 3 is 2.83 bits per heavy atom. The van der Waals surface area contributed by atoms with Gasteiger partial charge in [0.2, 0.25) is 11.9 Å². The van der Waals surface area contributed by atoms with Crippen LogP contribution in [0.2, 0.25) is 0 Å². The average Bonchev–Trinajstić information content (AvgIpc) is 3.00. The van der Waals surface area contributed by atoms with Crippen LogP contribution in [0.3, 0.4) is 0 Å². The molecule has 0 aliphatic carbocycles. The van der Waals surface area contributed by atoms with Gasteiger partial charge in [-0.1, -0.05) is 23.7 Å². The highest BCUT2D eigenvalue weighted by Gasteiger charge is 2.21. The van der Waals surface area contributed by atoms with Gasteiger partial charge in [-0.05, 0) is 36.2 Å². The fraction of sp³-hybridized carbons (Fsp3) is 0.267. The molecule has 23 heavy (non-hydrogen) atoms. The molecule has 0 aromatic heterocycles. The van der Waals surface area contributed by atoms with E-state index in [0.717, 1.165) is 5.56 Å². The maximum atomic E-state index is 12.4. The highest BCUT2D eigenvalue weighted by atomic mass is 35.5. The summed E-state index contributed by atoms with van der Waals surface area (Å²) in [5.41, 5.74) is 2.27. The lowest BCUT2D eigenvalue weighted by atomic mass is 10.2. The number of nitrogens with two attached hydrogens (primary N) is 1. The van der Waals surface area contributed by atoms with E-state index in [-0.39, 0.29) is 22.6 Å². The van der Waals surface area contributed by atoms with Crippen LogP contribution in [-0.4, -0.2) is 19.8 Å². The van der Waals surface area contributed by atoms with E-state index in [9.17, 15) is 4.79 Å². The van der Waals surface area contributed by atoms with E-state index in [1.165, 1.54) is 12.6 Å². The van der Waals surface area contributed by atoms with E-state index in [0.29, 0.717) is 18.0 Å². The number of carbonyl (C=O) groups is 1. The molecule has 2 rings (SSSR count). The zero-order chi connectivity index (χ0) is 16.8. The Morgan fingerprint density at radius 1 is 1.39 bits per heavy atom. The summed E-state index contributed by atoms with van der Waals surface area (Å²) in [5.74, 6) is 0.948. The Balaban J connectivity index is 2.09. The van der Waals surface area contributed by atoms with Crippen molar-refractivity contribution in [2.75, 3.05) is 13.9 Å². The van der Waals surface area contributed by atoms with Crippen molar-refractivity contribution in [2.45, 2.75) is 13.5 Å². The number of ether oxygens (including phenoxy) is 2. The molecular formula is C15H17Cl2N2O4+. The van der Waals surface area contributed by atoms with Crippen molar-refractivity contribution in [1.29, 1.82) is 0 Å². The molecule has 1 aromatic carbocycles. The fourth-order valence-corrected chi connectivity index (χ4v) is 2.47. The molecule has 8 heteroatoms. The third-order valence-corrected chi connectivity index (χ3v) is 3.75. The first-order chi connectivity index (χ1) is 11.1. The van der Waals surface area contributed by atoms with Gasteiger partial charge in [0.05, 0.1) is 12.1 Å². The van der Waals surface area contributed by atoms with E-state index in [2.05, 4.69) is 5.32 Å². The Bertz CT molecular complexity index is 659. The molecule has 3 N–H and O–H groups in total. The van der Waals surface area contributed by atoms with E-state index in [1.807, 2.05) is 12.1 Å². The molecule has 124 valence electrons. The molecular weight excluding hydrogens is 343 g/mol. The van der Waals surface area contributed by atoms with Crippen LogP contribution < -0.4 is 20.3 Å². The normalized spacial score (nSPS) is 14.5. The van der Waals surface area contributed by atoms with Gasteiger partial charge in [0, 0.05) is 6.54 Å². The van der Waals surface area contributed by atoms with Crippen LogP contribution in [-0.2, 0) is 16.2 Å². The summed E-state index contributed by atoms with van der Waals surface area (Å²) >= 11 is 12.1. The van der Waals surface area contributed by atoms with E-state index >= 15 is 0 Å². The Morgan fingerprint density at radius 2 is 2.13 bits per heavy atom. The summed E-state index contributed by atoms with van der Waals surface area (Å²) in [4.78, 5) is 17.2. The van der Waals surface area contributed by atoms with Crippen molar-refractivity contribution in [2.24, 2.45) is 0 Å². The van der Waals surface area contributed by atoms with Gasteiger partial charge in [-0.25, -0.2) is 4.84 Å². The molecule has 1 amide bonds. The molecule has 0 unspecified atom stereocenters. The fourth-order valence-electron chi connectivity index (χ4n) is 1.96. The Kier molecular flexibility index (Phi) is 6.29. The predicted octanol–water partition coefficient (Wildman–Crippen LogP) is 1.75. The second-order valence-electron chi connectivity index (χ2n) is 4.58. The van der Waals surface area contributed by atoms with Crippen molar-refractivity contribution >= 4 is 29.1 Å². The minimum absolute atomic E-state index is 0.124. The topological polar surface area (TPSA) is 73.4 Å². The van der Waals surface area contributed by atoms with Crippen LogP contribution in [0.5, 0.6) is 11.5 Å². The minimum Gasteiger partial charge on any atom is -0.454 e. The minimum atomic E-state index is -0.399. The number of fused-ring (bicyclic) bond motifs is 1. The second-order valence-corrected chi connectivity index (χ2v) is 5.40. The first kappa shape index (κ1) is 17.6. The van der Waals surface area contributed by atoms with Crippen LogP contribution in [0.4, 0.5) is 0 Å². The van der Waals surface area contributed by atoms with Crippen molar-refractivity contribution < 1.29 is 24.6 Å². The van der Waals surface area contributed by atoms with Crippen molar-refractivity contribution in [1.82, 2.24) is 5.32 Å². The third-order valence-electron chi connectivity index (χ3n) is 3.07. The second kappa shape index (κ2) is 8.21. The smallest absolute Gasteiger partial charge is 0.260 e. The van der Waals surface area contributed by atoms with E-state index < -0.39 is 5.91 Å². The molecule has 0 fully saturated rings. The summed E-state index contributed by atoms with van der Waals surface area (Å²) in [7, 11) is 1.44. The molecule has 0 radical (unpaired) electrons. The maximum absolute atomic E-state index is 12.4. The van der Waals surface area contributed by atoms with Crippen LogP contribution in [0.1, 0.15) is 12.5 Å². The molecule has 1 aromatic rings. The molecule has 0 saturated carbocycles. The number of hydrogen-bond acceptors (Lipinski definition) is 4. The monoisotopic (exact) mass is 359 g/mol. The summed E-state index contributed by atoms with van der Waals surface area (Å²) in [6.45, 7) is 2.21. The number of rotatable bonds is 6. The molecule has 6 nitrogen and oxygen atoms in total. The van der Waals surface area contributed by atoms with E-state index in [1.54, 1.807) is 19.1 Å². The maximum Gasteiger partial charge on any atom is 0.260 e. The number of hydrogen-bond donors (Lipinski definition) is 2. The standard InChI is InChI=1S/C15H16Cl2N2O4/c1-3-10(16)13(14(17)19-21-2)15(20)18-7-9-4-5-11-12(6-9)23-8-22-11/h3-6,19H,7-8H2,1-2H3,(H,18,20)/p+1/b10-3+,14-13+. The zero-order valence-corrected chi connectivity index (χ0v) is 14.2. The summed E-state index contributed by atoms with van der Waals surface area (Å²) in [6, 6.07) is 5.45. The van der Waals surface area contributed by atoms with Gasteiger partial charge < -0.3 is 14.8 Å². The number of carbonyl (C=O) groups excluding carboxylic acids is 1. The quantitative estimate of drug-likeness (QED) is 0.351. The number of benzene rings is 1. The van der Waals surface area contributed by atoms with Gasteiger partial charge in [0.1, 0.15) is 5.57 Å². The number of hydroxylamine groups is 1. The summed E-state index contributed by atoms with van der Waals surface area (Å²) in [6.07, 6.45) is 1.59. The average molecular weight is 360 g/mol. The van der Waals surface area contributed by atoms with Crippen LogP contribution in [0.25, 0.3) is 0 Å². The van der Waals surface area contributed by atoms with Crippen molar-refractivity contribution in [3.05, 3.63) is 45.6 Å². The van der Waals surface area contributed by atoms with Crippen molar-refractivity contribution in [3.63, 3.8) is 0 Å². The van der Waals surface area contributed by atoms with Gasteiger partial charge in [0.25, 0.3) is 5.91 Å². The Labute approximate surface area is 143 Å². The van der Waals surface area contributed by atoms with E-state index in [4.69, 9.17) is 37.5 Å². The largest absolute Gasteiger partial charge is 0.454 e. The molecule has 0 bridgehead atoms. The number of allylic oxidation sites excluding steroid dienone is 1. The van der Waals surface area contributed by atoms with Crippen LogP contribution in [0, 0.1) is 0 Å². The highest BCUT2D eigenvalue weighted by molar-refractivity contribution is 6.38. The van der Waals surface area contributed by atoms with Gasteiger partial charge in [-0.15, -0.1) is 0 Å². The third kappa shape index (κ3) is 4.39. The van der Waals surface area contributed by atoms with Crippen LogP contribution >= 0.6 is 23.2 Å². The predicted molar refractivity (Wildman–Crippen MR) is 85.8 cm³/mol. The number of quaternary nitrogens is 1. The summed E-state index contributed by atoms with van der Waals surface area (Å²) in [5, 5.41) is 3.13. The van der Waals surface area contributed by atoms with Crippen LogP contribution in [0.15, 0.2) is 40.0 Å². The van der Waals surface area contributed by atoms with Gasteiger partial charge in [-0.2, -0.15) is 5.48 Å². The number of nitrogens with one attached hydrogen (secondary N) is 1. The molecule has 1 aliphatic rings. The van der Waals surface area contributed by atoms with Crippen molar-refractivity contribution in [3.8, 4) is 11.5 Å². The lowest BCUT2D eigenvalue weighted by molar-refractivity contribution is -0.848. The highest BCUT2D eigenvalue weighted by Crippen LogP contribution is 2.32. The first-order valence-corrected chi connectivity index (χ1v) is 7.57. The molecule has 1 aliphatic heterocycles. The number of amides is 1.